The van der Waals surface area contributed by atoms with Crippen LogP contribution in [0.3, 0.4) is 0 Å². The Morgan fingerprint density at radius 2 is 2.12 bits per heavy atom. The Balaban J connectivity index is 1.67. The van der Waals surface area contributed by atoms with Gasteiger partial charge in [0, 0.05) is 23.9 Å². The third-order valence-electron chi connectivity index (χ3n) is 4.30. The number of hydrogen-bond donors (Lipinski definition) is 1. The molecule has 0 aliphatic heterocycles. The van der Waals surface area contributed by atoms with Gasteiger partial charge in [-0.05, 0) is 55.7 Å². The first-order valence-corrected chi connectivity index (χ1v) is 10.5. The second kappa shape index (κ2) is 8.15. The van der Waals surface area contributed by atoms with Gasteiger partial charge < -0.3 is 10.2 Å². The van der Waals surface area contributed by atoms with Gasteiger partial charge in [0.25, 0.3) is 5.91 Å². The first-order valence-electron chi connectivity index (χ1n) is 8.81. The maximum Gasteiger partial charge on any atom is 0.264 e. The Hall–Kier alpha value is -1.66. The second-order valence-electron chi connectivity index (χ2n) is 6.51. The zero-order valence-electron chi connectivity index (χ0n) is 14.7. The number of carbonyl (C=O) groups is 2. The van der Waals surface area contributed by atoms with Crippen LogP contribution in [0.5, 0.6) is 0 Å². The summed E-state index contributed by atoms with van der Waals surface area (Å²) in [5, 5.41) is 5.81. The molecule has 6 heteroatoms. The van der Waals surface area contributed by atoms with E-state index in [1.54, 1.807) is 11.3 Å². The van der Waals surface area contributed by atoms with Gasteiger partial charge in [-0.2, -0.15) is 0 Å². The van der Waals surface area contributed by atoms with E-state index in [1.807, 2.05) is 24.0 Å². The highest BCUT2D eigenvalue weighted by atomic mass is 32.1. The fourth-order valence-electron chi connectivity index (χ4n) is 2.75. The molecule has 2 aromatic rings. The van der Waals surface area contributed by atoms with Crippen molar-refractivity contribution in [3.05, 3.63) is 38.9 Å². The number of aryl methyl sites for hydroxylation is 1. The Labute approximate surface area is 156 Å². The SMILES string of the molecule is CCCN(CCc1cccs1)C(=O)c1sc(NC(=O)C2CC2)cc1C. The number of rotatable bonds is 8. The highest BCUT2D eigenvalue weighted by molar-refractivity contribution is 7.18. The van der Waals surface area contributed by atoms with Crippen molar-refractivity contribution in [2.75, 3.05) is 18.4 Å². The van der Waals surface area contributed by atoms with Gasteiger partial charge in [-0.25, -0.2) is 0 Å². The average molecular weight is 377 g/mol. The Morgan fingerprint density at radius 3 is 2.76 bits per heavy atom. The van der Waals surface area contributed by atoms with Crippen LogP contribution >= 0.6 is 22.7 Å². The van der Waals surface area contributed by atoms with Gasteiger partial charge in [-0.1, -0.05) is 13.0 Å². The van der Waals surface area contributed by atoms with Crippen LogP contribution in [-0.2, 0) is 11.2 Å². The monoisotopic (exact) mass is 376 g/mol. The van der Waals surface area contributed by atoms with E-state index >= 15 is 0 Å². The lowest BCUT2D eigenvalue weighted by Crippen LogP contribution is -2.33. The third kappa shape index (κ3) is 4.70. The van der Waals surface area contributed by atoms with Gasteiger partial charge in [0.2, 0.25) is 5.91 Å². The molecule has 2 heterocycles. The van der Waals surface area contributed by atoms with Gasteiger partial charge in [-0.3, -0.25) is 9.59 Å². The molecule has 1 aliphatic carbocycles. The van der Waals surface area contributed by atoms with E-state index in [1.165, 1.54) is 16.2 Å². The predicted molar refractivity (Wildman–Crippen MR) is 105 cm³/mol. The highest BCUT2D eigenvalue weighted by Crippen LogP contribution is 2.33. The van der Waals surface area contributed by atoms with E-state index in [9.17, 15) is 9.59 Å². The van der Waals surface area contributed by atoms with E-state index in [0.717, 1.165) is 54.2 Å². The fraction of sp³-hybridized carbons (Fsp3) is 0.474. The van der Waals surface area contributed by atoms with Crippen molar-refractivity contribution in [3.63, 3.8) is 0 Å². The van der Waals surface area contributed by atoms with Crippen LogP contribution in [0.2, 0.25) is 0 Å². The number of hydrogen-bond acceptors (Lipinski definition) is 4. The third-order valence-corrected chi connectivity index (χ3v) is 6.37. The Kier molecular flexibility index (Phi) is 5.91. The number of carbonyl (C=O) groups excluding carboxylic acids is 2. The zero-order chi connectivity index (χ0) is 17.8. The first kappa shape index (κ1) is 18.1. The summed E-state index contributed by atoms with van der Waals surface area (Å²) in [6.45, 7) is 5.52. The predicted octanol–water partition coefficient (Wildman–Crippen LogP) is 4.56. The summed E-state index contributed by atoms with van der Waals surface area (Å²) in [4.78, 5) is 28.9. The van der Waals surface area contributed by atoms with E-state index in [4.69, 9.17) is 0 Å². The summed E-state index contributed by atoms with van der Waals surface area (Å²) in [7, 11) is 0. The van der Waals surface area contributed by atoms with Crippen LogP contribution in [0, 0.1) is 12.8 Å². The highest BCUT2D eigenvalue weighted by Gasteiger charge is 2.30. The average Bonchev–Trinajstić information content (AvgIpc) is 3.20. The minimum absolute atomic E-state index is 0.0767. The lowest BCUT2D eigenvalue weighted by atomic mass is 10.2. The molecular weight excluding hydrogens is 352 g/mol. The summed E-state index contributed by atoms with van der Waals surface area (Å²) >= 11 is 3.13. The molecule has 1 saturated carbocycles. The summed E-state index contributed by atoms with van der Waals surface area (Å²) in [5.41, 5.74) is 0.943. The van der Waals surface area contributed by atoms with Crippen molar-refractivity contribution in [1.82, 2.24) is 4.90 Å². The van der Waals surface area contributed by atoms with Crippen LogP contribution in [0.1, 0.15) is 46.3 Å². The summed E-state index contributed by atoms with van der Waals surface area (Å²) in [6, 6.07) is 6.08. The molecule has 3 rings (SSSR count). The Morgan fingerprint density at radius 1 is 1.32 bits per heavy atom. The topological polar surface area (TPSA) is 49.4 Å². The molecule has 1 fully saturated rings. The molecule has 2 amide bonds. The van der Waals surface area contributed by atoms with Crippen molar-refractivity contribution in [2.24, 2.45) is 5.92 Å². The summed E-state index contributed by atoms with van der Waals surface area (Å²) in [6.07, 6.45) is 3.79. The number of nitrogens with zero attached hydrogens (tertiary/aromatic N) is 1. The molecular formula is C19H24N2O2S2. The van der Waals surface area contributed by atoms with Gasteiger partial charge >= 0.3 is 0 Å². The normalized spacial score (nSPS) is 13.7. The maximum atomic E-state index is 13.0. The van der Waals surface area contributed by atoms with E-state index < -0.39 is 0 Å². The van der Waals surface area contributed by atoms with Gasteiger partial charge in [0.1, 0.15) is 0 Å². The van der Waals surface area contributed by atoms with E-state index in [0.29, 0.717) is 0 Å². The molecule has 0 bridgehead atoms. The van der Waals surface area contributed by atoms with E-state index in [2.05, 4.69) is 23.7 Å². The lowest BCUT2D eigenvalue weighted by Gasteiger charge is -2.21. The molecule has 0 saturated heterocycles. The van der Waals surface area contributed by atoms with Crippen LogP contribution < -0.4 is 5.32 Å². The molecule has 0 radical (unpaired) electrons. The molecule has 134 valence electrons. The van der Waals surface area contributed by atoms with Crippen molar-refractivity contribution in [2.45, 2.75) is 39.5 Å². The summed E-state index contributed by atoms with van der Waals surface area (Å²) in [5.74, 6) is 0.333. The van der Waals surface area contributed by atoms with Crippen LogP contribution in [0.4, 0.5) is 5.00 Å². The molecule has 0 atom stereocenters. The summed E-state index contributed by atoms with van der Waals surface area (Å²) < 4.78 is 0. The molecule has 0 aromatic carbocycles. The zero-order valence-corrected chi connectivity index (χ0v) is 16.3. The smallest absolute Gasteiger partial charge is 0.264 e. The Bertz CT molecular complexity index is 733. The first-order chi connectivity index (χ1) is 12.1. The van der Waals surface area contributed by atoms with Crippen molar-refractivity contribution < 1.29 is 9.59 Å². The van der Waals surface area contributed by atoms with E-state index in [-0.39, 0.29) is 17.7 Å². The molecule has 1 N–H and O–H groups in total. The van der Waals surface area contributed by atoms with Crippen LogP contribution in [-0.4, -0.2) is 29.8 Å². The molecule has 1 aliphatic rings. The molecule has 25 heavy (non-hydrogen) atoms. The molecule has 4 nitrogen and oxygen atoms in total. The van der Waals surface area contributed by atoms with Gasteiger partial charge in [-0.15, -0.1) is 22.7 Å². The van der Waals surface area contributed by atoms with Crippen LogP contribution in [0.25, 0.3) is 0 Å². The minimum atomic E-state index is 0.0767. The molecule has 2 aromatic heterocycles. The number of nitrogens with one attached hydrogen (secondary N) is 1. The number of amides is 2. The standard InChI is InChI=1S/C19H24N2O2S2/c1-3-9-21(10-8-15-5-4-11-24-15)19(23)17-13(2)12-16(25-17)20-18(22)14-6-7-14/h4-5,11-12,14H,3,6-10H2,1-2H3,(H,20,22). The number of anilines is 1. The van der Waals surface area contributed by atoms with Gasteiger partial charge in [0.15, 0.2) is 0 Å². The second-order valence-corrected chi connectivity index (χ2v) is 8.59. The quantitative estimate of drug-likeness (QED) is 0.734. The minimum Gasteiger partial charge on any atom is -0.338 e. The molecule has 0 unspecified atom stereocenters. The van der Waals surface area contributed by atoms with Crippen LogP contribution in [0.15, 0.2) is 23.6 Å². The fourth-order valence-corrected chi connectivity index (χ4v) is 4.50. The maximum absolute atomic E-state index is 13.0. The largest absolute Gasteiger partial charge is 0.338 e. The number of thiophene rings is 2. The molecule has 0 spiro atoms. The van der Waals surface area contributed by atoms with Crippen molar-refractivity contribution >= 4 is 39.5 Å². The van der Waals surface area contributed by atoms with Gasteiger partial charge in [0.05, 0.1) is 9.88 Å². The lowest BCUT2D eigenvalue weighted by molar-refractivity contribution is -0.117. The van der Waals surface area contributed by atoms with Crippen molar-refractivity contribution in [3.8, 4) is 0 Å². The van der Waals surface area contributed by atoms with Crippen molar-refractivity contribution in [1.29, 1.82) is 0 Å².